The number of allylic oxidation sites excluding steroid dienone is 3. The molecule has 0 saturated carbocycles. The van der Waals surface area contributed by atoms with Gasteiger partial charge in [-0.1, -0.05) is 106 Å². The molecule has 1 N–H and O–H groups in total. The van der Waals surface area contributed by atoms with E-state index in [1.54, 1.807) is 24.3 Å². The number of aromatic nitrogens is 2. The number of imidazole rings is 1. The number of aryl methyl sites for hydroxylation is 2. The summed E-state index contributed by atoms with van der Waals surface area (Å²) in [5.41, 5.74) is 5.37. The third kappa shape index (κ3) is 8.20. The van der Waals surface area contributed by atoms with Gasteiger partial charge in [-0.15, -0.1) is 0 Å². The Bertz CT molecular complexity index is 1420. The van der Waals surface area contributed by atoms with Crippen molar-refractivity contribution in [2.75, 3.05) is 0 Å². The number of Topliss-reactive ketones (excluding diaryl/α,β-unsaturated/α-hetero) is 1. The van der Waals surface area contributed by atoms with E-state index in [2.05, 4.69) is 23.7 Å². The molecule has 2 heterocycles. The lowest BCUT2D eigenvalue weighted by atomic mass is 9.73. The third-order valence-electron chi connectivity index (χ3n) is 6.59. The standard InChI is InChI=1S/C23H25Cl2N3O.C6H4Cl2.2C2H6/c1-6-17-21-12(2)26-13(3)28(21)22(15-8-7-14(24)9-16(15)25)20-18(27-17)10-23(4,5)11-19(20)29;7-5-2-1-3-6(8)4-5;2*1-2/h6-9,22,27H,10-11H2,1-5H3;1-4H;2*1-2H3/b17-6+;;;. The van der Waals surface area contributed by atoms with Crippen molar-refractivity contribution in [3.8, 4) is 0 Å². The topological polar surface area (TPSA) is 46.9 Å². The maximum atomic E-state index is 13.5. The van der Waals surface area contributed by atoms with Gasteiger partial charge < -0.3 is 9.88 Å². The minimum absolute atomic E-state index is 0.0998. The van der Waals surface area contributed by atoms with E-state index < -0.39 is 0 Å². The Hall–Kier alpha value is -2.24. The highest BCUT2D eigenvalue weighted by Crippen LogP contribution is 2.46. The van der Waals surface area contributed by atoms with Crippen molar-refractivity contribution in [3.63, 3.8) is 0 Å². The van der Waals surface area contributed by atoms with Gasteiger partial charge in [0, 0.05) is 37.8 Å². The summed E-state index contributed by atoms with van der Waals surface area (Å²) in [6, 6.07) is 12.2. The molecule has 1 aliphatic heterocycles. The molecule has 2 aliphatic rings. The summed E-state index contributed by atoms with van der Waals surface area (Å²) in [6.07, 6.45) is 3.34. The van der Waals surface area contributed by atoms with E-state index in [-0.39, 0.29) is 17.2 Å². The van der Waals surface area contributed by atoms with Crippen LogP contribution in [0.15, 0.2) is 59.8 Å². The molecule has 1 aromatic heterocycles. The Kier molecular flexibility index (Phi) is 13.0. The molecule has 0 saturated heterocycles. The number of benzene rings is 2. The van der Waals surface area contributed by atoms with Gasteiger partial charge in [-0.2, -0.15) is 0 Å². The first-order chi connectivity index (χ1) is 19.4. The van der Waals surface area contributed by atoms with Gasteiger partial charge >= 0.3 is 0 Å². The molecule has 0 bridgehead atoms. The Morgan fingerprint density at radius 2 is 1.51 bits per heavy atom. The van der Waals surface area contributed by atoms with Crippen LogP contribution in [0.1, 0.15) is 90.1 Å². The fourth-order valence-corrected chi connectivity index (χ4v) is 6.08. The normalized spacial score (nSPS) is 17.8. The molecule has 5 rings (SSSR count). The first-order valence-electron chi connectivity index (χ1n) is 14.0. The highest BCUT2D eigenvalue weighted by Gasteiger charge is 2.41. The zero-order valence-electron chi connectivity index (χ0n) is 25.4. The molecule has 3 aromatic rings. The van der Waals surface area contributed by atoms with Crippen molar-refractivity contribution in [1.82, 2.24) is 14.9 Å². The minimum Gasteiger partial charge on any atom is -0.357 e. The van der Waals surface area contributed by atoms with E-state index in [0.29, 0.717) is 26.5 Å². The van der Waals surface area contributed by atoms with Crippen LogP contribution in [0.5, 0.6) is 0 Å². The second kappa shape index (κ2) is 15.3. The summed E-state index contributed by atoms with van der Waals surface area (Å²) < 4.78 is 2.14. The van der Waals surface area contributed by atoms with Crippen molar-refractivity contribution >= 4 is 57.9 Å². The van der Waals surface area contributed by atoms with Crippen LogP contribution in [0.25, 0.3) is 5.70 Å². The minimum atomic E-state index is -0.348. The molecule has 0 fully saturated rings. The van der Waals surface area contributed by atoms with Gasteiger partial charge in [0.2, 0.25) is 0 Å². The molecule has 2 aromatic carbocycles. The fraction of sp³-hybridized carbons (Fsp3) is 0.394. The van der Waals surface area contributed by atoms with Crippen LogP contribution in [0.4, 0.5) is 0 Å². The van der Waals surface area contributed by atoms with Crippen molar-refractivity contribution in [1.29, 1.82) is 0 Å². The van der Waals surface area contributed by atoms with E-state index in [0.717, 1.165) is 46.2 Å². The summed E-state index contributed by atoms with van der Waals surface area (Å²) in [5, 5.41) is 6.06. The second-order valence-electron chi connectivity index (χ2n) is 10.1. The molecule has 1 unspecified atom stereocenters. The van der Waals surface area contributed by atoms with Gasteiger partial charge in [-0.25, -0.2) is 4.98 Å². The van der Waals surface area contributed by atoms with Crippen LogP contribution < -0.4 is 5.32 Å². The zero-order chi connectivity index (χ0) is 31.1. The first-order valence-corrected chi connectivity index (χ1v) is 15.5. The van der Waals surface area contributed by atoms with Gasteiger partial charge in [0.15, 0.2) is 5.78 Å². The number of nitrogens with zero attached hydrogens (tertiary/aromatic N) is 2. The maximum absolute atomic E-state index is 13.5. The monoisotopic (exact) mass is 635 g/mol. The SMILES string of the molecule is C/C=C1/NC2=C(C(=O)CC(C)(C)C2)C(c2ccc(Cl)cc2Cl)n2c(C)nc(C)c21.CC.CC.Clc1cccc(Cl)c1. The van der Waals surface area contributed by atoms with Crippen molar-refractivity contribution in [2.45, 2.75) is 81.2 Å². The Labute approximate surface area is 265 Å². The summed E-state index contributed by atoms with van der Waals surface area (Å²) in [7, 11) is 0. The number of halogens is 4. The number of ketones is 1. The third-order valence-corrected chi connectivity index (χ3v) is 7.62. The zero-order valence-corrected chi connectivity index (χ0v) is 28.4. The lowest BCUT2D eigenvalue weighted by Crippen LogP contribution is -2.33. The average Bonchev–Trinajstić information content (AvgIpc) is 3.10. The maximum Gasteiger partial charge on any atom is 0.163 e. The van der Waals surface area contributed by atoms with Crippen molar-refractivity contribution in [2.24, 2.45) is 5.41 Å². The molecule has 0 amide bonds. The van der Waals surface area contributed by atoms with E-state index in [9.17, 15) is 4.79 Å². The lowest BCUT2D eigenvalue weighted by Gasteiger charge is -2.34. The Balaban J connectivity index is 0.000000414. The average molecular weight is 638 g/mol. The quantitative estimate of drug-likeness (QED) is 0.289. The first kappa shape index (κ1) is 35.0. The smallest absolute Gasteiger partial charge is 0.163 e. The van der Waals surface area contributed by atoms with Crippen molar-refractivity contribution < 1.29 is 4.79 Å². The number of hydrogen-bond acceptors (Lipinski definition) is 3. The summed E-state index contributed by atoms with van der Waals surface area (Å²) in [5.74, 6) is 0.995. The molecule has 1 aliphatic carbocycles. The Morgan fingerprint density at radius 3 is 2.02 bits per heavy atom. The van der Waals surface area contributed by atoms with Crippen LogP contribution in [-0.2, 0) is 4.79 Å². The summed E-state index contributed by atoms with van der Waals surface area (Å²) in [4.78, 5) is 18.2. The Morgan fingerprint density at radius 1 is 0.927 bits per heavy atom. The van der Waals surface area contributed by atoms with Crippen LogP contribution in [-0.4, -0.2) is 15.3 Å². The molecule has 0 radical (unpaired) electrons. The molecular weight excluding hydrogens is 596 g/mol. The van der Waals surface area contributed by atoms with Crippen LogP contribution in [0.2, 0.25) is 20.1 Å². The molecule has 0 spiro atoms. The van der Waals surface area contributed by atoms with Gasteiger partial charge in [0.05, 0.1) is 23.1 Å². The van der Waals surface area contributed by atoms with E-state index >= 15 is 0 Å². The van der Waals surface area contributed by atoms with Crippen LogP contribution in [0, 0.1) is 19.3 Å². The number of hydrogen-bond donors (Lipinski definition) is 1. The lowest BCUT2D eigenvalue weighted by molar-refractivity contribution is -0.118. The number of rotatable bonds is 1. The number of fused-ring (bicyclic) bond motifs is 1. The van der Waals surface area contributed by atoms with E-state index in [4.69, 9.17) is 51.4 Å². The van der Waals surface area contributed by atoms with Gasteiger partial charge in [-0.05, 0) is 68.5 Å². The number of carbonyl (C=O) groups is 1. The van der Waals surface area contributed by atoms with Gasteiger partial charge in [0.1, 0.15) is 5.82 Å². The van der Waals surface area contributed by atoms with Crippen LogP contribution >= 0.6 is 46.4 Å². The molecule has 222 valence electrons. The van der Waals surface area contributed by atoms with Crippen LogP contribution in [0.3, 0.4) is 0 Å². The molecule has 8 heteroatoms. The summed E-state index contributed by atoms with van der Waals surface area (Å²) >= 11 is 23.9. The van der Waals surface area contributed by atoms with Gasteiger partial charge in [-0.3, -0.25) is 4.79 Å². The number of nitrogens with one attached hydrogen (secondary N) is 1. The molecule has 41 heavy (non-hydrogen) atoms. The highest BCUT2D eigenvalue weighted by molar-refractivity contribution is 6.35. The molecular formula is C33H41Cl4N3O. The largest absolute Gasteiger partial charge is 0.357 e. The van der Waals surface area contributed by atoms with Crippen molar-refractivity contribution in [3.05, 3.63) is 103 Å². The fourth-order valence-electron chi connectivity index (χ4n) is 5.13. The predicted octanol–water partition coefficient (Wildman–Crippen LogP) is 11.0. The number of carbonyl (C=O) groups excluding carboxylic acids is 1. The predicted molar refractivity (Wildman–Crippen MR) is 177 cm³/mol. The molecule has 4 nitrogen and oxygen atoms in total. The summed E-state index contributed by atoms with van der Waals surface area (Å²) in [6.45, 7) is 18.3. The highest BCUT2D eigenvalue weighted by atomic mass is 35.5. The second-order valence-corrected chi connectivity index (χ2v) is 11.8. The van der Waals surface area contributed by atoms with Gasteiger partial charge in [0.25, 0.3) is 0 Å². The van der Waals surface area contributed by atoms with E-state index in [1.807, 2.05) is 72.7 Å². The van der Waals surface area contributed by atoms with E-state index in [1.165, 1.54) is 0 Å². The molecule has 1 atom stereocenters.